The molecule has 0 aromatic heterocycles. The predicted molar refractivity (Wildman–Crippen MR) is 74.1 cm³/mol. The molecule has 8 N–H and O–H groups in total. The maximum atomic E-state index is 10.6. The van der Waals surface area contributed by atoms with Gasteiger partial charge in [0.05, 0.1) is 6.42 Å². The lowest BCUT2D eigenvalue weighted by atomic mass is 10.1. The molecule has 0 aromatic rings. The molecule has 20 heavy (non-hydrogen) atoms. The van der Waals surface area contributed by atoms with E-state index in [2.05, 4.69) is 0 Å². The first-order valence-corrected chi connectivity index (χ1v) is 6.44. The summed E-state index contributed by atoms with van der Waals surface area (Å²) in [6, 6.07) is -0.235. The maximum Gasteiger partial charge on any atom is 0.310 e. The van der Waals surface area contributed by atoms with Crippen molar-refractivity contribution in [2.24, 2.45) is 17.2 Å². The first-order valence-electron chi connectivity index (χ1n) is 6.44. The van der Waals surface area contributed by atoms with Crippen LogP contribution in [0.5, 0.6) is 0 Å². The quantitative estimate of drug-likeness (QED) is 0.329. The minimum Gasteiger partial charge on any atom is -0.481 e. The molecule has 1 atom stereocenters. The molecule has 0 saturated carbocycles. The SMILES string of the molecule is NCCCC(=O)CC(=O)O.NCCCC(N)CC(=O)O. The average molecular weight is 291 g/mol. The third kappa shape index (κ3) is 18.8. The van der Waals surface area contributed by atoms with Crippen LogP contribution in [0.4, 0.5) is 0 Å². The fourth-order valence-corrected chi connectivity index (χ4v) is 1.26. The smallest absolute Gasteiger partial charge is 0.310 e. The van der Waals surface area contributed by atoms with E-state index in [4.69, 9.17) is 27.4 Å². The number of carboxylic acid groups (broad SMARTS) is 2. The number of Topliss-reactive ketones (excluding diaryl/α,β-unsaturated/α-hetero) is 1. The van der Waals surface area contributed by atoms with Crippen molar-refractivity contribution < 1.29 is 24.6 Å². The molecule has 8 nitrogen and oxygen atoms in total. The van der Waals surface area contributed by atoms with Gasteiger partial charge in [0, 0.05) is 12.5 Å². The van der Waals surface area contributed by atoms with Gasteiger partial charge in [0.1, 0.15) is 12.2 Å². The minimum absolute atomic E-state index is 0.0417. The van der Waals surface area contributed by atoms with Gasteiger partial charge < -0.3 is 27.4 Å². The zero-order valence-electron chi connectivity index (χ0n) is 11.6. The van der Waals surface area contributed by atoms with E-state index in [1.165, 1.54) is 0 Å². The predicted octanol–water partition coefficient (Wildman–Crippen LogP) is -0.704. The first kappa shape index (κ1) is 20.8. The van der Waals surface area contributed by atoms with E-state index in [0.717, 1.165) is 6.42 Å². The van der Waals surface area contributed by atoms with Crippen LogP contribution in [0.3, 0.4) is 0 Å². The second-order valence-corrected chi connectivity index (χ2v) is 4.29. The van der Waals surface area contributed by atoms with Gasteiger partial charge in [-0.15, -0.1) is 0 Å². The second-order valence-electron chi connectivity index (χ2n) is 4.29. The summed E-state index contributed by atoms with van der Waals surface area (Å²) in [5.41, 5.74) is 15.7. The highest BCUT2D eigenvalue weighted by Gasteiger charge is 2.06. The highest BCUT2D eigenvalue weighted by atomic mass is 16.4. The summed E-state index contributed by atoms with van der Waals surface area (Å²) in [5, 5.41) is 16.4. The molecule has 0 saturated heterocycles. The van der Waals surface area contributed by atoms with Gasteiger partial charge in [-0.1, -0.05) is 0 Å². The number of carboxylic acids is 2. The molecule has 0 bridgehead atoms. The number of hydrogen-bond acceptors (Lipinski definition) is 6. The number of carbonyl (C=O) groups is 3. The Bertz CT molecular complexity index is 297. The monoisotopic (exact) mass is 291 g/mol. The Kier molecular flexibility index (Phi) is 14.5. The zero-order valence-corrected chi connectivity index (χ0v) is 11.6. The molecule has 0 aliphatic carbocycles. The van der Waals surface area contributed by atoms with E-state index < -0.39 is 11.9 Å². The first-order chi connectivity index (χ1) is 9.33. The lowest BCUT2D eigenvalue weighted by molar-refractivity contribution is -0.140. The van der Waals surface area contributed by atoms with Crippen LogP contribution in [0.2, 0.25) is 0 Å². The number of carbonyl (C=O) groups excluding carboxylic acids is 1. The third-order valence-corrected chi connectivity index (χ3v) is 2.22. The standard InChI is InChI=1S/C6H14N2O2.C6H11NO3/c2*7-3-1-2-5(8)4-6(9)10/h5H,1-4,7-8H2,(H,9,10);1-4,7H2,(H,9,10). The van der Waals surface area contributed by atoms with Crippen molar-refractivity contribution in [1.29, 1.82) is 0 Å². The molecular formula is C12H25N3O5. The summed E-state index contributed by atoms with van der Waals surface area (Å²) >= 11 is 0. The van der Waals surface area contributed by atoms with Crippen molar-refractivity contribution in [2.45, 2.75) is 44.6 Å². The Morgan fingerprint density at radius 3 is 1.90 bits per heavy atom. The summed E-state index contributed by atoms with van der Waals surface area (Å²) in [4.78, 5) is 30.6. The van der Waals surface area contributed by atoms with Crippen LogP contribution < -0.4 is 17.2 Å². The average Bonchev–Trinajstić information content (AvgIpc) is 2.33. The van der Waals surface area contributed by atoms with Crippen molar-refractivity contribution in [3.8, 4) is 0 Å². The van der Waals surface area contributed by atoms with Crippen LogP contribution in [0.15, 0.2) is 0 Å². The molecule has 0 aliphatic heterocycles. The fraction of sp³-hybridized carbons (Fsp3) is 0.750. The second kappa shape index (κ2) is 13.9. The number of nitrogens with two attached hydrogens (primary N) is 3. The van der Waals surface area contributed by atoms with Crippen molar-refractivity contribution in [3.63, 3.8) is 0 Å². The van der Waals surface area contributed by atoms with Crippen LogP contribution in [-0.2, 0) is 14.4 Å². The van der Waals surface area contributed by atoms with E-state index in [-0.39, 0.29) is 31.1 Å². The molecule has 0 radical (unpaired) electrons. The molecule has 0 fully saturated rings. The number of rotatable bonds is 10. The number of hydrogen-bond donors (Lipinski definition) is 5. The number of aliphatic carboxylic acids is 2. The topological polar surface area (TPSA) is 170 Å². The highest BCUT2D eigenvalue weighted by molar-refractivity contribution is 5.94. The van der Waals surface area contributed by atoms with Crippen molar-refractivity contribution >= 4 is 17.7 Å². The van der Waals surface area contributed by atoms with E-state index >= 15 is 0 Å². The van der Waals surface area contributed by atoms with Crippen LogP contribution in [0.1, 0.15) is 38.5 Å². The maximum absolute atomic E-state index is 10.6. The summed E-state index contributed by atoms with van der Waals surface area (Å²) in [7, 11) is 0. The number of ketones is 1. The van der Waals surface area contributed by atoms with Crippen LogP contribution >= 0.6 is 0 Å². The third-order valence-electron chi connectivity index (χ3n) is 2.22. The molecule has 0 aromatic carbocycles. The van der Waals surface area contributed by atoms with Gasteiger partial charge in [-0.25, -0.2) is 0 Å². The molecular weight excluding hydrogens is 266 g/mol. The molecule has 0 aliphatic rings. The van der Waals surface area contributed by atoms with Gasteiger partial charge in [-0.05, 0) is 32.4 Å². The Morgan fingerprint density at radius 2 is 1.50 bits per heavy atom. The summed E-state index contributed by atoms with van der Waals surface area (Å²) in [5.74, 6) is -2.16. The fourth-order valence-electron chi connectivity index (χ4n) is 1.26. The highest BCUT2D eigenvalue weighted by Crippen LogP contribution is 1.96. The van der Waals surface area contributed by atoms with Gasteiger partial charge in [0.25, 0.3) is 0 Å². The van der Waals surface area contributed by atoms with E-state index in [1.54, 1.807) is 0 Å². The lowest BCUT2D eigenvalue weighted by Crippen LogP contribution is -2.24. The van der Waals surface area contributed by atoms with Gasteiger partial charge in [0.15, 0.2) is 0 Å². The van der Waals surface area contributed by atoms with Crippen molar-refractivity contribution in [2.75, 3.05) is 13.1 Å². The molecule has 0 spiro atoms. The molecule has 8 heteroatoms. The lowest BCUT2D eigenvalue weighted by Gasteiger charge is -2.05. The van der Waals surface area contributed by atoms with Gasteiger partial charge in [-0.2, -0.15) is 0 Å². The van der Waals surface area contributed by atoms with Crippen LogP contribution in [0.25, 0.3) is 0 Å². The van der Waals surface area contributed by atoms with Gasteiger partial charge >= 0.3 is 11.9 Å². The Labute approximate surface area is 118 Å². The van der Waals surface area contributed by atoms with Crippen molar-refractivity contribution in [1.82, 2.24) is 0 Å². The molecule has 0 rings (SSSR count). The Balaban J connectivity index is 0. The van der Waals surface area contributed by atoms with Gasteiger partial charge in [-0.3, -0.25) is 14.4 Å². The van der Waals surface area contributed by atoms with Crippen LogP contribution in [0, 0.1) is 0 Å². The molecule has 0 amide bonds. The molecule has 0 heterocycles. The Morgan fingerprint density at radius 1 is 0.950 bits per heavy atom. The largest absolute Gasteiger partial charge is 0.481 e. The minimum atomic E-state index is -1.07. The summed E-state index contributed by atoms with van der Waals surface area (Å²) in [6.07, 6.45) is 2.02. The van der Waals surface area contributed by atoms with Crippen LogP contribution in [-0.4, -0.2) is 47.1 Å². The van der Waals surface area contributed by atoms with E-state index in [9.17, 15) is 14.4 Å². The Hall–Kier alpha value is -1.51. The summed E-state index contributed by atoms with van der Waals surface area (Å²) in [6.45, 7) is 1.01. The molecule has 118 valence electrons. The van der Waals surface area contributed by atoms with Crippen molar-refractivity contribution in [3.05, 3.63) is 0 Å². The van der Waals surface area contributed by atoms with E-state index in [1.807, 2.05) is 0 Å². The van der Waals surface area contributed by atoms with Gasteiger partial charge in [0.2, 0.25) is 0 Å². The summed E-state index contributed by atoms with van der Waals surface area (Å²) < 4.78 is 0. The van der Waals surface area contributed by atoms with E-state index in [0.29, 0.717) is 25.9 Å². The normalized spacial score (nSPS) is 11.2. The zero-order chi connectivity index (χ0) is 16.0. The molecule has 1 unspecified atom stereocenters.